The van der Waals surface area contributed by atoms with E-state index in [2.05, 4.69) is 24.8 Å². The van der Waals surface area contributed by atoms with E-state index < -0.39 is 0 Å². The molecule has 0 saturated carbocycles. The van der Waals surface area contributed by atoms with Gasteiger partial charge in [-0.15, -0.1) is 11.3 Å². The van der Waals surface area contributed by atoms with E-state index in [4.69, 9.17) is 0 Å². The Morgan fingerprint density at radius 1 is 1.47 bits per heavy atom. The molecule has 0 atom stereocenters. The third-order valence-electron chi connectivity index (χ3n) is 2.47. The largest absolute Gasteiger partial charge is 0.361 e. The molecule has 1 aliphatic rings. The molecule has 0 unspecified atom stereocenters. The van der Waals surface area contributed by atoms with Gasteiger partial charge >= 0.3 is 0 Å². The Morgan fingerprint density at radius 2 is 2.27 bits per heavy atom. The predicted octanol–water partition coefficient (Wildman–Crippen LogP) is 2.89. The molecule has 0 aromatic carbocycles. The van der Waals surface area contributed by atoms with Crippen LogP contribution in [0.4, 0.5) is 5.00 Å². The van der Waals surface area contributed by atoms with Gasteiger partial charge in [0.2, 0.25) is 0 Å². The van der Waals surface area contributed by atoms with Crippen LogP contribution in [-0.2, 0) is 0 Å². The van der Waals surface area contributed by atoms with Crippen LogP contribution in [0.3, 0.4) is 0 Å². The van der Waals surface area contributed by atoms with E-state index in [9.17, 15) is 4.79 Å². The Morgan fingerprint density at radius 3 is 2.87 bits per heavy atom. The summed E-state index contributed by atoms with van der Waals surface area (Å²) in [4.78, 5) is 13.8. The van der Waals surface area contributed by atoms with Gasteiger partial charge in [-0.05, 0) is 26.0 Å². The number of nitrogens with zero attached hydrogens (tertiary/aromatic N) is 1. The molecular formula is C11H15NOS2. The molecule has 0 radical (unpaired) electrons. The molecule has 15 heavy (non-hydrogen) atoms. The molecule has 1 aromatic rings. The lowest BCUT2D eigenvalue weighted by atomic mass is 10.2. The molecule has 0 aliphatic carbocycles. The van der Waals surface area contributed by atoms with Crippen LogP contribution in [0, 0.1) is 0 Å². The van der Waals surface area contributed by atoms with Crippen LogP contribution in [0.25, 0.3) is 0 Å². The third-order valence-corrected chi connectivity index (χ3v) is 4.83. The van der Waals surface area contributed by atoms with Crippen LogP contribution in [0.15, 0.2) is 12.1 Å². The van der Waals surface area contributed by atoms with Crippen molar-refractivity contribution in [3.05, 3.63) is 17.0 Å². The molecule has 82 valence electrons. The molecule has 2 heterocycles. The molecule has 1 aliphatic heterocycles. The highest BCUT2D eigenvalue weighted by Crippen LogP contribution is 2.34. The number of thiophene rings is 1. The van der Waals surface area contributed by atoms with E-state index in [0.717, 1.165) is 24.3 Å². The Balaban J connectivity index is 2.13. The van der Waals surface area contributed by atoms with Gasteiger partial charge < -0.3 is 4.90 Å². The number of anilines is 1. The van der Waals surface area contributed by atoms with Crippen molar-refractivity contribution in [2.75, 3.05) is 23.7 Å². The van der Waals surface area contributed by atoms with Crippen LogP contribution in [-0.4, -0.2) is 29.9 Å². The summed E-state index contributed by atoms with van der Waals surface area (Å²) in [5.41, 5.74) is 0. The van der Waals surface area contributed by atoms with Gasteiger partial charge in [0.1, 0.15) is 0 Å². The quantitative estimate of drug-likeness (QED) is 0.743. The predicted molar refractivity (Wildman–Crippen MR) is 68.5 cm³/mol. The first kappa shape index (κ1) is 11.0. The lowest BCUT2D eigenvalue weighted by molar-refractivity contribution is 0.112. The number of hydrogen-bond acceptors (Lipinski definition) is 4. The average Bonchev–Trinajstić information content (AvgIpc) is 2.64. The maximum absolute atomic E-state index is 10.6. The molecule has 0 amide bonds. The minimum Gasteiger partial charge on any atom is -0.361 e. The SMILES string of the molecule is CC1(C)CN(c2ccc(C=O)s2)CCS1. The number of carbonyl (C=O) groups excluding carboxylic acids is 1. The summed E-state index contributed by atoms with van der Waals surface area (Å²) < 4.78 is 0.323. The number of hydrogen-bond donors (Lipinski definition) is 0. The molecule has 4 heteroatoms. The topological polar surface area (TPSA) is 20.3 Å². The first-order valence-corrected chi connectivity index (χ1v) is 6.85. The minimum absolute atomic E-state index is 0.323. The molecular weight excluding hydrogens is 226 g/mol. The number of rotatable bonds is 2. The second-order valence-electron chi connectivity index (χ2n) is 4.32. The maximum Gasteiger partial charge on any atom is 0.160 e. The summed E-state index contributed by atoms with van der Waals surface area (Å²) in [6.07, 6.45) is 0.929. The fourth-order valence-corrected chi connectivity index (χ4v) is 3.74. The van der Waals surface area contributed by atoms with Crippen molar-refractivity contribution >= 4 is 34.4 Å². The first-order valence-electron chi connectivity index (χ1n) is 5.05. The molecule has 1 fully saturated rings. The molecule has 0 bridgehead atoms. The summed E-state index contributed by atoms with van der Waals surface area (Å²) in [5.74, 6) is 1.17. The lowest BCUT2D eigenvalue weighted by Crippen LogP contribution is -2.42. The monoisotopic (exact) mass is 241 g/mol. The third kappa shape index (κ3) is 2.55. The standard InChI is InChI=1S/C11H15NOS2/c1-11(2)8-12(5-6-14-11)10-4-3-9(7-13)15-10/h3-4,7H,5-6,8H2,1-2H3. The summed E-state index contributed by atoms with van der Waals surface area (Å²) in [7, 11) is 0. The molecule has 0 spiro atoms. The summed E-state index contributed by atoms with van der Waals surface area (Å²) in [6.45, 7) is 6.71. The Labute approximate surface area is 98.7 Å². The van der Waals surface area contributed by atoms with Gasteiger partial charge in [-0.1, -0.05) is 0 Å². The van der Waals surface area contributed by atoms with E-state index in [1.165, 1.54) is 10.8 Å². The Bertz CT molecular complexity index is 359. The van der Waals surface area contributed by atoms with Crippen molar-refractivity contribution in [1.82, 2.24) is 0 Å². The lowest BCUT2D eigenvalue weighted by Gasteiger charge is -2.38. The minimum atomic E-state index is 0.323. The van der Waals surface area contributed by atoms with Crippen molar-refractivity contribution in [3.8, 4) is 0 Å². The Kier molecular flexibility index (Phi) is 3.07. The molecule has 2 rings (SSSR count). The van der Waals surface area contributed by atoms with Crippen molar-refractivity contribution in [3.63, 3.8) is 0 Å². The second-order valence-corrected chi connectivity index (χ2v) is 7.22. The van der Waals surface area contributed by atoms with Crippen molar-refractivity contribution in [2.45, 2.75) is 18.6 Å². The number of thioether (sulfide) groups is 1. The van der Waals surface area contributed by atoms with E-state index >= 15 is 0 Å². The molecule has 2 nitrogen and oxygen atoms in total. The normalized spacial score (nSPS) is 20.3. The zero-order valence-electron chi connectivity index (χ0n) is 9.03. The maximum atomic E-state index is 10.6. The van der Waals surface area contributed by atoms with Gasteiger partial charge in [-0.25, -0.2) is 0 Å². The zero-order valence-corrected chi connectivity index (χ0v) is 10.7. The first-order chi connectivity index (χ1) is 7.11. The van der Waals surface area contributed by atoms with Gasteiger partial charge in [0.15, 0.2) is 6.29 Å². The van der Waals surface area contributed by atoms with Gasteiger partial charge in [-0.3, -0.25) is 4.79 Å². The highest BCUT2D eigenvalue weighted by atomic mass is 32.2. The van der Waals surface area contributed by atoms with E-state index in [1.807, 2.05) is 17.8 Å². The Hall–Kier alpha value is -0.480. The van der Waals surface area contributed by atoms with Crippen LogP contribution in [0.2, 0.25) is 0 Å². The highest BCUT2D eigenvalue weighted by Gasteiger charge is 2.27. The summed E-state index contributed by atoms with van der Waals surface area (Å²) in [5, 5.41) is 1.23. The molecule has 1 saturated heterocycles. The zero-order chi connectivity index (χ0) is 10.9. The number of aldehydes is 1. The van der Waals surface area contributed by atoms with Crippen LogP contribution < -0.4 is 4.90 Å². The van der Waals surface area contributed by atoms with Gasteiger partial charge in [-0.2, -0.15) is 11.8 Å². The summed E-state index contributed by atoms with van der Waals surface area (Å²) >= 11 is 3.61. The smallest absolute Gasteiger partial charge is 0.160 e. The number of carbonyl (C=O) groups is 1. The van der Waals surface area contributed by atoms with E-state index in [0.29, 0.717) is 4.75 Å². The van der Waals surface area contributed by atoms with E-state index in [-0.39, 0.29) is 0 Å². The van der Waals surface area contributed by atoms with Gasteiger partial charge in [0.05, 0.1) is 9.88 Å². The van der Waals surface area contributed by atoms with Gasteiger partial charge in [0.25, 0.3) is 0 Å². The van der Waals surface area contributed by atoms with Crippen LogP contribution in [0.5, 0.6) is 0 Å². The van der Waals surface area contributed by atoms with Crippen molar-refractivity contribution in [1.29, 1.82) is 0 Å². The van der Waals surface area contributed by atoms with Crippen molar-refractivity contribution in [2.24, 2.45) is 0 Å². The van der Waals surface area contributed by atoms with E-state index in [1.54, 1.807) is 11.3 Å². The fraction of sp³-hybridized carbons (Fsp3) is 0.545. The fourth-order valence-electron chi connectivity index (χ4n) is 1.78. The molecule has 0 N–H and O–H groups in total. The summed E-state index contributed by atoms with van der Waals surface area (Å²) in [6, 6.07) is 3.96. The highest BCUT2D eigenvalue weighted by molar-refractivity contribution is 8.00. The van der Waals surface area contributed by atoms with Crippen LogP contribution >= 0.6 is 23.1 Å². The van der Waals surface area contributed by atoms with Crippen LogP contribution in [0.1, 0.15) is 23.5 Å². The second kappa shape index (κ2) is 4.18. The molecule has 1 aromatic heterocycles. The van der Waals surface area contributed by atoms with Gasteiger partial charge in [0, 0.05) is 23.6 Å². The van der Waals surface area contributed by atoms with Crippen molar-refractivity contribution < 1.29 is 4.79 Å². The average molecular weight is 241 g/mol.